The van der Waals surface area contributed by atoms with E-state index in [-0.39, 0.29) is 22.7 Å². The van der Waals surface area contributed by atoms with E-state index in [0.29, 0.717) is 28.5 Å². The summed E-state index contributed by atoms with van der Waals surface area (Å²) in [5.74, 6) is -0.584. The van der Waals surface area contributed by atoms with Crippen molar-refractivity contribution in [3.8, 4) is 5.69 Å². The second-order valence-electron chi connectivity index (χ2n) is 11.2. The highest BCUT2D eigenvalue weighted by Gasteiger charge is 2.30. The Morgan fingerprint density at radius 3 is 2.45 bits per heavy atom. The maximum Gasteiger partial charge on any atom is 0.335 e. The molecule has 0 saturated carbocycles. The molecule has 5 rings (SSSR count). The van der Waals surface area contributed by atoms with Crippen molar-refractivity contribution in [1.29, 1.82) is 0 Å². The summed E-state index contributed by atoms with van der Waals surface area (Å²) in [6, 6.07) is 16.0. The number of para-hydroxylation sites is 1. The molecule has 198 valence electrons. The number of hydrogen-bond acceptors (Lipinski definition) is 6. The van der Waals surface area contributed by atoms with E-state index in [0.717, 1.165) is 38.2 Å². The van der Waals surface area contributed by atoms with E-state index in [1.807, 2.05) is 41.8 Å². The maximum absolute atomic E-state index is 14.1. The molecular weight excluding hydrogens is 480 g/mol. The standard InChI is InChI=1S/C29H34N6O3/c1-19-24-25(32-27(30-19)31-21-9-6-5-7-10-21)35(23-11-8-16-33(17-23)18-29(2,3)4)28(38)34(24)22-14-12-20(13-15-22)26(36)37/h5-7,9-10,12-15,23H,8,11,16-18H2,1-4H3,(H,36,37)(H,30,31,32)/t23-/m0/s1. The first-order chi connectivity index (χ1) is 18.1. The molecule has 3 heterocycles. The Bertz CT molecular complexity index is 1520. The molecule has 0 radical (unpaired) electrons. The van der Waals surface area contributed by atoms with Crippen molar-refractivity contribution in [2.24, 2.45) is 5.41 Å². The zero-order valence-electron chi connectivity index (χ0n) is 22.3. The molecule has 1 aliphatic rings. The number of carbonyl (C=O) groups is 1. The fourth-order valence-corrected chi connectivity index (χ4v) is 5.36. The van der Waals surface area contributed by atoms with E-state index in [1.54, 1.807) is 16.7 Å². The molecule has 1 atom stereocenters. The summed E-state index contributed by atoms with van der Waals surface area (Å²) in [5.41, 5.74) is 3.43. The van der Waals surface area contributed by atoms with Crippen molar-refractivity contribution in [2.75, 3.05) is 25.0 Å². The highest BCUT2D eigenvalue weighted by molar-refractivity contribution is 5.88. The Hall–Kier alpha value is -3.98. The van der Waals surface area contributed by atoms with E-state index in [1.165, 1.54) is 12.1 Å². The van der Waals surface area contributed by atoms with Crippen LogP contribution in [0.4, 0.5) is 11.6 Å². The first-order valence-corrected chi connectivity index (χ1v) is 13.0. The second-order valence-corrected chi connectivity index (χ2v) is 11.2. The number of imidazole rings is 1. The van der Waals surface area contributed by atoms with Gasteiger partial charge in [0, 0.05) is 18.8 Å². The summed E-state index contributed by atoms with van der Waals surface area (Å²) in [7, 11) is 0. The van der Waals surface area contributed by atoms with Gasteiger partial charge in [0.2, 0.25) is 5.95 Å². The number of nitrogens with one attached hydrogen (secondary N) is 1. The number of hydrogen-bond donors (Lipinski definition) is 2. The Kier molecular flexibility index (Phi) is 6.79. The lowest BCUT2D eigenvalue weighted by atomic mass is 9.94. The largest absolute Gasteiger partial charge is 0.478 e. The lowest BCUT2D eigenvalue weighted by molar-refractivity contribution is 0.0697. The lowest BCUT2D eigenvalue weighted by Gasteiger charge is -2.36. The number of aromatic carboxylic acids is 1. The third kappa shape index (κ3) is 5.19. The molecule has 4 aromatic rings. The Balaban J connectivity index is 1.66. The molecule has 1 saturated heterocycles. The number of aryl methyl sites for hydroxylation is 1. The average Bonchev–Trinajstić information content (AvgIpc) is 3.16. The van der Waals surface area contributed by atoms with Gasteiger partial charge in [-0.25, -0.2) is 14.6 Å². The van der Waals surface area contributed by atoms with Gasteiger partial charge in [-0.05, 0) is 68.1 Å². The molecule has 1 fully saturated rings. The molecule has 1 aliphatic heterocycles. The van der Waals surface area contributed by atoms with Crippen LogP contribution in [0.5, 0.6) is 0 Å². The number of aromatic nitrogens is 4. The van der Waals surface area contributed by atoms with Gasteiger partial charge in [-0.15, -0.1) is 0 Å². The summed E-state index contributed by atoms with van der Waals surface area (Å²) in [4.78, 5) is 37.5. The van der Waals surface area contributed by atoms with Crippen molar-refractivity contribution in [1.82, 2.24) is 24.0 Å². The van der Waals surface area contributed by atoms with Gasteiger partial charge in [0.15, 0.2) is 5.65 Å². The van der Waals surface area contributed by atoms with Gasteiger partial charge in [0.1, 0.15) is 5.52 Å². The van der Waals surface area contributed by atoms with Gasteiger partial charge in [-0.2, -0.15) is 4.98 Å². The van der Waals surface area contributed by atoms with Crippen molar-refractivity contribution < 1.29 is 9.90 Å². The first kappa shape index (κ1) is 25.7. The third-order valence-corrected chi connectivity index (χ3v) is 6.84. The highest BCUT2D eigenvalue weighted by atomic mass is 16.4. The predicted octanol–water partition coefficient (Wildman–Crippen LogP) is 5.02. The molecule has 0 aliphatic carbocycles. The quantitative estimate of drug-likeness (QED) is 0.372. The molecule has 9 nitrogen and oxygen atoms in total. The van der Waals surface area contributed by atoms with Gasteiger partial charge in [-0.3, -0.25) is 9.13 Å². The molecular formula is C29H34N6O3. The SMILES string of the molecule is Cc1nc(Nc2ccccc2)nc2c1n(-c1ccc(C(=O)O)cc1)c(=O)n2[C@H]1CCCN(CC(C)(C)C)C1. The number of fused-ring (bicyclic) bond motifs is 1. The van der Waals surface area contributed by atoms with Crippen LogP contribution < -0.4 is 11.0 Å². The number of likely N-dealkylation sites (tertiary alicyclic amines) is 1. The number of piperidine rings is 1. The Labute approximate surface area is 221 Å². The molecule has 2 N–H and O–H groups in total. The zero-order chi connectivity index (χ0) is 27.0. The smallest absolute Gasteiger partial charge is 0.335 e. The number of carboxylic acid groups (broad SMARTS) is 1. The van der Waals surface area contributed by atoms with Gasteiger partial charge in [0.05, 0.1) is 23.0 Å². The summed E-state index contributed by atoms with van der Waals surface area (Å²) >= 11 is 0. The number of benzene rings is 2. The molecule has 2 aromatic carbocycles. The summed E-state index contributed by atoms with van der Waals surface area (Å²) < 4.78 is 3.44. The molecule has 9 heteroatoms. The van der Waals surface area contributed by atoms with Crippen LogP contribution in [-0.2, 0) is 0 Å². The van der Waals surface area contributed by atoms with Crippen molar-refractivity contribution in [2.45, 2.75) is 46.6 Å². The Morgan fingerprint density at radius 1 is 1.08 bits per heavy atom. The minimum absolute atomic E-state index is 0.0421. The van der Waals surface area contributed by atoms with Gasteiger partial charge in [0.25, 0.3) is 0 Å². The van der Waals surface area contributed by atoms with Crippen LogP contribution in [0, 0.1) is 12.3 Å². The van der Waals surface area contributed by atoms with Crippen LogP contribution in [0.15, 0.2) is 59.4 Å². The number of anilines is 2. The van der Waals surface area contributed by atoms with Crippen LogP contribution in [0.2, 0.25) is 0 Å². The topological polar surface area (TPSA) is 105 Å². The molecule has 0 unspecified atom stereocenters. The molecule has 2 aromatic heterocycles. The Morgan fingerprint density at radius 2 is 1.79 bits per heavy atom. The number of nitrogens with zero attached hydrogens (tertiary/aromatic N) is 5. The number of rotatable bonds is 6. The van der Waals surface area contributed by atoms with Crippen LogP contribution >= 0.6 is 0 Å². The fourth-order valence-electron chi connectivity index (χ4n) is 5.36. The molecule has 0 spiro atoms. The summed E-state index contributed by atoms with van der Waals surface area (Å²) in [5, 5.41) is 12.6. The normalized spacial score (nSPS) is 16.6. The summed E-state index contributed by atoms with van der Waals surface area (Å²) in [6.07, 6.45) is 1.87. The zero-order valence-corrected chi connectivity index (χ0v) is 22.3. The average molecular weight is 515 g/mol. The first-order valence-electron chi connectivity index (χ1n) is 13.0. The molecule has 0 bridgehead atoms. The van der Waals surface area contributed by atoms with E-state index in [9.17, 15) is 14.7 Å². The minimum atomic E-state index is -1.01. The van der Waals surface area contributed by atoms with Crippen molar-refractivity contribution >= 4 is 28.8 Å². The van der Waals surface area contributed by atoms with Crippen molar-refractivity contribution in [3.63, 3.8) is 0 Å². The van der Waals surface area contributed by atoms with Crippen LogP contribution in [0.1, 0.15) is 55.7 Å². The highest BCUT2D eigenvalue weighted by Crippen LogP contribution is 2.29. The summed E-state index contributed by atoms with van der Waals surface area (Å²) in [6.45, 7) is 11.3. The molecule has 38 heavy (non-hydrogen) atoms. The van der Waals surface area contributed by atoms with E-state index >= 15 is 0 Å². The van der Waals surface area contributed by atoms with Gasteiger partial charge in [-0.1, -0.05) is 39.0 Å². The second kappa shape index (κ2) is 10.1. The lowest BCUT2D eigenvalue weighted by Crippen LogP contribution is -2.43. The van der Waals surface area contributed by atoms with E-state index in [2.05, 4.69) is 31.0 Å². The van der Waals surface area contributed by atoms with Gasteiger partial charge < -0.3 is 15.3 Å². The van der Waals surface area contributed by atoms with Crippen LogP contribution in [0.25, 0.3) is 16.9 Å². The van der Waals surface area contributed by atoms with E-state index in [4.69, 9.17) is 9.97 Å². The monoisotopic (exact) mass is 514 g/mol. The van der Waals surface area contributed by atoms with Gasteiger partial charge >= 0.3 is 11.7 Å². The maximum atomic E-state index is 14.1. The molecule has 0 amide bonds. The third-order valence-electron chi connectivity index (χ3n) is 6.84. The number of carboxylic acids is 1. The predicted molar refractivity (Wildman–Crippen MR) is 149 cm³/mol. The van der Waals surface area contributed by atoms with Crippen molar-refractivity contribution in [3.05, 3.63) is 76.3 Å². The minimum Gasteiger partial charge on any atom is -0.478 e. The van der Waals surface area contributed by atoms with Crippen LogP contribution in [-0.4, -0.2) is 54.7 Å². The van der Waals surface area contributed by atoms with E-state index < -0.39 is 5.97 Å². The fraction of sp³-hybridized carbons (Fsp3) is 0.379. The van der Waals surface area contributed by atoms with Crippen LogP contribution in [0.3, 0.4) is 0 Å².